The smallest absolute Gasteiger partial charge is 0.462 e. The Kier molecular flexibility index (Phi) is 8.80. The number of carbonyl (C=O) groups excluding carboxylic acids is 2. The zero-order valence-corrected chi connectivity index (χ0v) is 14.5. The van der Waals surface area contributed by atoms with Crippen molar-refractivity contribution in [3.05, 3.63) is 0 Å². The molecule has 0 amide bonds. The van der Waals surface area contributed by atoms with Gasteiger partial charge in [0.2, 0.25) is 0 Å². The van der Waals surface area contributed by atoms with Crippen LogP contribution in [0, 0.1) is 0 Å². The summed E-state index contributed by atoms with van der Waals surface area (Å²) >= 11 is 0. The van der Waals surface area contributed by atoms with Crippen LogP contribution in [0.25, 0.3) is 0 Å². The molecule has 0 radical (unpaired) electrons. The first kappa shape index (κ1) is 21.0. The molecule has 0 aromatic heterocycles. The fourth-order valence-electron chi connectivity index (χ4n) is 1.10. The molecule has 0 bridgehead atoms. The highest BCUT2D eigenvalue weighted by atomic mass is 31.2. The van der Waals surface area contributed by atoms with Gasteiger partial charge in [-0.25, -0.2) is 9.09 Å². The Bertz CT molecular complexity index is 420. The number of esters is 2. The standard InChI is InChI=1S/C12H24NO8P/c1-6-12(15)18-7-11(21-10(2)14)8-19-22(16,17)20-9-13(3,4)5/h11H,6-9H2,1-5H3/p+1. The van der Waals surface area contributed by atoms with Gasteiger partial charge in [0.05, 0.1) is 27.7 Å². The molecule has 0 aliphatic rings. The first-order valence-electron chi connectivity index (χ1n) is 6.70. The number of rotatable bonds is 10. The monoisotopic (exact) mass is 342 g/mol. The van der Waals surface area contributed by atoms with E-state index in [0.717, 1.165) is 0 Å². The van der Waals surface area contributed by atoms with E-state index in [9.17, 15) is 19.0 Å². The highest BCUT2D eigenvalue weighted by Crippen LogP contribution is 2.43. The molecule has 0 spiro atoms. The minimum absolute atomic E-state index is 0.0448. The average Bonchev–Trinajstić information content (AvgIpc) is 2.38. The second-order valence-electron chi connectivity index (χ2n) is 5.58. The summed E-state index contributed by atoms with van der Waals surface area (Å²) in [5.74, 6) is -1.10. The summed E-state index contributed by atoms with van der Waals surface area (Å²) in [5, 5.41) is 0. The third-order valence-electron chi connectivity index (χ3n) is 2.08. The van der Waals surface area contributed by atoms with Crippen molar-refractivity contribution in [3.8, 4) is 0 Å². The molecule has 0 aliphatic heterocycles. The van der Waals surface area contributed by atoms with Gasteiger partial charge in [0.1, 0.15) is 6.61 Å². The summed E-state index contributed by atoms with van der Waals surface area (Å²) in [5.41, 5.74) is 0. The Morgan fingerprint density at radius 1 is 1.18 bits per heavy atom. The molecular formula is C12H25NO8P+. The summed E-state index contributed by atoms with van der Waals surface area (Å²) in [7, 11) is 1.02. The first-order valence-corrected chi connectivity index (χ1v) is 8.20. The quantitative estimate of drug-likeness (QED) is 0.267. The van der Waals surface area contributed by atoms with Gasteiger partial charge in [0, 0.05) is 13.3 Å². The Labute approximate surface area is 130 Å². The molecule has 2 unspecified atom stereocenters. The van der Waals surface area contributed by atoms with Gasteiger partial charge >= 0.3 is 19.8 Å². The Morgan fingerprint density at radius 3 is 2.23 bits per heavy atom. The lowest BCUT2D eigenvalue weighted by Gasteiger charge is -2.25. The SMILES string of the molecule is CCC(=O)OCC(COP(=O)(O)OC[N+](C)(C)C)OC(C)=O. The Morgan fingerprint density at radius 2 is 1.77 bits per heavy atom. The lowest BCUT2D eigenvalue weighted by Crippen LogP contribution is -2.36. The maximum absolute atomic E-state index is 11.7. The van der Waals surface area contributed by atoms with Gasteiger partial charge in [-0.2, -0.15) is 0 Å². The van der Waals surface area contributed by atoms with Gasteiger partial charge in [0.15, 0.2) is 12.8 Å². The maximum Gasteiger partial charge on any atom is 0.476 e. The second-order valence-corrected chi connectivity index (χ2v) is 7.03. The number of phosphoric acid groups is 1. The van der Waals surface area contributed by atoms with Crippen LogP contribution in [0.2, 0.25) is 0 Å². The van der Waals surface area contributed by atoms with Crippen LogP contribution in [0.4, 0.5) is 0 Å². The van der Waals surface area contributed by atoms with Crippen LogP contribution in [-0.2, 0) is 32.7 Å². The average molecular weight is 342 g/mol. The highest BCUT2D eigenvalue weighted by Gasteiger charge is 2.27. The molecule has 0 saturated heterocycles. The molecule has 0 aliphatic carbocycles. The lowest BCUT2D eigenvalue weighted by molar-refractivity contribution is -0.887. The molecule has 0 aromatic carbocycles. The largest absolute Gasteiger partial charge is 0.476 e. The van der Waals surface area contributed by atoms with Crippen LogP contribution in [-0.4, -0.2) is 68.5 Å². The van der Waals surface area contributed by atoms with E-state index in [1.165, 1.54) is 6.92 Å². The molecule has 0 fully saturated rings. The van der Waals surface area contributed by atoms with E-state index in [0.29, 0.717) is 4.48 Å². The van der Waals surface area contributed by atoms with Crippen LogP contribution in [0.15, 0.2) is 0 Å². The van der Waals surface area contributed by atoms with E-state index in [2.05, 4.69) is 0 Å². The number of quaternary nitrogens is 1. The normalized spacial score (nSPS) is 15.7. The van der Waals surface area contributed by atoms with E-state index in [1.54, 1.807) is 28.1 Å². The molecule has 0 saturated carbocycles. The third kappa shape index (κ3) is 11.6. The highest BCUT2D eigenvalue weighted by molar-refractivity contribution is 7.47. The van der Waals surface area contributed by atoms with E-state index in [4.69, 9.17) is 18.5 Å². The third-order valence-corrected chi connectivity index (χ3v) is 3.00. The second kappa shape index (κ2) is 9.22. The molecule has 9 nitrogen and oxygen atoms in total. The summed E-state index contributed by atoms with van der Waals surface area (Å²) in [4.78, 5) is 31.6. The Hall–Kier alpha value is -0.990. The van der Waals surface area contributed by atoms with Crippen LogP contribution < -0.4 is 0 Å². The number of hydrogen-bond acceptors (Lipinski definition) is 7. The molecule has 10 heteroatoms. The minimum Gasteiger partial charge on any atom is -0.462 e. The van der Waals surface area contributed by atoms with Crippen LogP contribution in [0.3, 0.4) is 0 Å². The first-order chi connectivity index (χ1) is 9.95. The molecule has 0 heterocycles. The molecule has 130 valence electrons. The van der Waals surface area contributed by atoms with Crippen LogP contribution in [0.5, 0.6) is 0 Å². The van der Waals surface area contributed by atoms with Gasteiger partial charge in [0.25, 0.3) is 0 Å². The zero-order valence-electron chi connectivity index (χ0n) is 13.6. The van der Waals surface area contributed by atoms with Crippen LogP contribution in [0.1, 0.15) is 20.3 Å². The summed E-state index contributed by atoms with van der Waals surface area (Å²) < 4.78 is 31.2. The van der Waals surface area contributed by atoms with Crippen molar-refractivity contribution in [1.82, 2.24) is 0 Å². The zero-order chi connectivity index (χ0) is 17.4. The van der Waals surface area contributed by atoms with Gasteiger partial charge in [-0.3, -0.25) is 14.1 Å². The summed E-state index contributed by atoms with van der Waals surface area (Å²) in [6.45, 7) is 2.04. The molecular weight excluding hydrogens is 317 g/mol. The van der Waals surface area contributed by atoms with E-state index in [1.807, 2.05) is 0 Å². The number of phosphoric ester groups is 1. The van der Waals surface area contributed by atoms with E-state index >= 15 is 0 Å². The van der Waals surface area contributed by atoms with Crippen LogP contribution >= 0.6 is 7.82 Å². The lowest BCUT2D eigenvalue weighted by atomic mass is 10.4. The molecule has 1 N–H and O–H groups in total. The Balaban J connectivity index is 4.43. The van der Waals surface area contributed by atoms with Gasteiger partial charge in [-0.1, -0.05) is 6.92 Å². The molecule has 22 heavy (non-hydrogen) atoms. The number of nitrogens with zero attached hydrogens (tertiary/aromatic N) is 1. The molecule has 2 atom stereocenters. The van der Waals surface area contributed by atoms with Gasteiger partial charge in [-0.05, 0) is 0 Å². The fraction of sp³-hybridized carbons (Fsp3) is 0.833. The van der Waals surface area contributed by atoms with Crippen molar-refractivity contribution in [3.63, 3.8) is 0 Å². The van der Waals surface area contributed by atoms with Gasteiger partial charge in [-0.15, -0.1) is 0 Å². The van der Waals surface area contributed by atoms with Crippen molar-refractivity contribution >= 4 is 19.8 Å². The number of hydrogen-bond donors (Lipinski definition) is 1. The predicted octanol–water partition coefficient (Wildman–Crippen LogP) is 0.669. The van der Waals surface area contributed by atoms with Crippen molar-refractivity contribution < 1.29 is 42.1 Å². The summed E-state index contributed by atoms with van der Waals surface area (Å²) in [6, 6.07) is 0. The van der Waals surface area contributed by atoms with Crippen molar-refractivity contribution in [2.45, 2.75) is 26.4 Å². The fourth-order valence-corrected chi connectivity index (χ4v) is 2.02. The topological polar surface area (TPSA) is 108 Å². The van der Waals surface area contributed by atoms with E-state index < -0.39 is 32.5 Å². The van der Waals surface area contributed by atoms with Gasteiger partial charge < -0.3 is 18.9 Å². The van der Waals surface area contributed by atoms with Crippen molar-refractivity contribution in [1.29, 1.82) is 0 Å². The predicted molar refractivity (Wildman–Crippen MR) is 76.6 cm³/mol. The van der Waals surface area contributed by atoms with Crippen molar-refractivity contribution in [2.24, 2.45) is 0 Å². The number of ether oxygens (including phenoxy) is 2. The van der Waals surface area contributed by atoms with E-state index in [-0.39, 0.29) is 19.8 Å². The van der Waals surface area contributed by atoms with Crippen molar-refractivity contribution in [2.75, 3.05) is 41.1 Å². The molecule has 0 aromatic rings. The number of carbonyl (C=O) groups is 2. The molecule has 0 rings (SSSR count). The summed E-state index contributed by atoms with van der Waals surface area (Å²) in [6.07, 6.45) is -0.820. The minimum atomic E-state index is -4.29. The maximum atomic E-state index is 11.7.